The van der Waals surface area contributed by atoms with Crippen LogP contribution in [0.1, 0.15) is 185 Å². The van der Waals surface area contributed by atoms with E-state index in [-0.39, 0.29) is 43.1 Å². The van der Waals surface area contributed by atoms with Crippen LogP contribution in [-0.2, 0) is 115 Å². The van der Waals surface area contributed by atoms with Crippen LogP contribution in [0.25, 0.3) is 0 Å². The lowest BCUT2D eigenvalue weighted by Crippen LogP contribution is -2.49. The van der Waals surface area contributed by atoms with Crippen LogP contribution in [0, 0.1) is 0 Å². The van der Waals surface area contributed by atoms with Gasteiger partial charge in [-0.25, -0.2) is 51.6 Å². The highest BCUT2D eigenvalue weighted by atomic mass is 32.2. The Morgan fingerprint density at radius 2 is 0.966 bits per heavy atom. The van der Waals surface area contributed by atoms with Crippen LogP contribution in [0.2, 0.25) is 0 Å². The van der Waals surface area contributed by atoms with Gasteiger partial charge in [0, 0.05) is 148 Å². The molecule has 2 unspecified atom stereocenters. The van der Waals surface area contributed by atoms with E-state index in [1.165, 1.54) is 69.6 Å². The second-order valence-corrected chi connectivity index (χ2v) is 47.4. The van der Waals surface area contributed by atoms with E-state index in [4.69, 9.17) is 4.74 Å². The summed E-state index contributed by atoms with van der Waals surface area (Å²) in [5.74, 6) is 1.83. The number of hydrogen-bond donors (Lipinski definition) is 3. The van der Waals surface area contributed by atoms with Gasteiger partial charge in [0.2, 0.25) is 26.0 Å². The summed E-state index contributed by atoms with van der Waals surface area (Å²) < 4.78 is 129. The van der Waals surface area contributed by atoms with E-state index in [0.29, 0.717) is 55.8 Å². The van der Waals surface area contributed by atoms with Crippen molar-refractivity contribution in [3.8, 4) is 5.75 Å². The summed E-state index contributed by atoms with van der Waals surface area (Å²) in [6.45, 7) is 39.0. The zero-order chi connectivity index (χ0) is 85.6. The monoisotopic (exact) mass is 1730 g/mol. The summed E-state index contributed by atoms with van der Waals surface area (Å²) in [5, 5.41) is 5.53. The molecule has 0 radical (unpaired) electrons. The summed E-state index contributed by atoms with van der Waals surface area (Å²) in [7, 11) is -12.2. The Morgan fingerprint density at radius 3 is 1.54 bits per heavy atom. The number of aromatic nitrogens is 8. The van der Waals surface area contributed by atoms with Crippen LogP contribution in [0.15, 0.2) is 187 Å². The number of sulfone groups is 1. The van der Waals surface area contributed by atoms with Gasteiger partial charge in [-0.2, -0.15) is 4.31 Å². The fourth-order valence-electron chi connectivity index (χ4n) is 14.3. The Balaban J connectivity index is 0.000000138. The molecule has 18 heterocycles. The van der Waals surface area contributed by atoms with Gasteiger partial charge in [-0.15, -0.1) is 23.1 Å². The third-order valence-electron chi connectivity index (χ3n) is 20.6. The average Bonchev–Trinajstić information content (AvgIpc) is 0.959. The molecule has 9 aromatic heterocycles. The molecule has 116 heavy (non-hydrogen) atoms. The lowest BCUT2D eigenvalue weighted by molar-refractivity contribution is -0.124. The topological polar surface area (TPSA) is 360 Å². The van der Waals surface area contributed by atoms with Gasteiger partial charge in [0.05, 0.1) is 94.4 Å². The first-order chi connectivity index (χ1) is 53.7. The van der Waals surface area contributed by atoms with Gasteiger partial charge < -0.3 is 10.1 Å². The minimum atomic E-state index is -3.72. The number of amides is 2. The first kappa shape index (κ1) is 90.1. The number of rotatable bonds is 0. The summed E-state index contributed by atoms with van der Waals surface area (Å²) in [6, 6.07) is 30.4. The normalized spacial score (nSPS) is 22.3. The van der Waals surface area contributed by atoms with E-state index < -0.39 is 83.7 Å². The van der Waals surface area contributed by atoms with Crippen molar-refractivity contribution in [3.63, 3.8) is 0 Å². The first-order valence-corrected chi connectivity index (χ1v) is 47.6. The molecule has 622 valence electrons. The molecule has 0 fully saturated rings. The Kier molecular flexibility index (Phi) is 26.1. The van der Waals surface area contributed by atoms with E-state index in [0.717, 1.165) is 52.3 Å². The van der Waals surface area contributed by atoms with E-state index in [9.17, 15) is 51.7 Å². The minimum Gasteiger partial charge on any atom is -0.491 e. The van der Waals surface area contributed by atoms with Crippen molar-refractivity contribution in [1.82, 2.24) is 57.9 Å². The number of sulfonamides is 3. The molecule has 18 rings (SSSR count). The summed E-state index contributed by atoms with van der Waals surface area (Å²) >= 11 is 3.77. The molecule has 2 atom stereocenters. The number of nitrogens with zero attached hydrogens (tertiary/aromatic N) is 10. The molecule has 0 bridgehead atoms. The molecule has 9 aliphatic rings. The number of carbonyl (C=O) groups is 2. The molecule has 26 nitrogen and oxygen atoms in total. The maximum Gasteiger partial charge on any atom is 0.266 e. The number of likely N-dealkylation sites (N-methyl/N-ethyl adjacent to an activating group) is 2. The SMILES string of the molecule is CC1(C)C(=O)NS(=O)(=O)c2cccnc21.CC1(C)CNc2ccsc21.CC1(C)COc2cccnc21.CC1(C)CS(=O)(=O)c2cccnc21.CC1(C)CS(=O)c2cccnc21.CC1(C)CSc2cccnc21.CC1(C)c2ncccc2C(=O)NS1(=O)=O.CN1CC(C)(C)c2ncccc2S1(=O)=O.CN1CC(C)(C)c2ncccc2S1=O. The Labute approximate surface area is 696 Å². The van der Waals surface area contributed by atoms with Crippen molar-refractivity contribution in [2.24, 2.45) is 0 Å². The van der Waals surface area contributed by atoms with Gasteiger partial charge >= 0.3 is 0 Å². The highest BCUT2D eigenvalue weighted by molar-refractivity contribution is 7.99. The molecule has 0 aliphatic carbocycles. The van der Waals surface area contributed by atoms with E-state index in [2.05, 4.69) is 132 Å². The van der Waals surface area contributed by atoms with Crippen molar-refractivity contribution < 1.29 is 56.4 Å². The minimum absolute atomic E-state index is 0.0124. The number of anilines is 1. The van der Waals surface area contributed by atoms with Crippen molar-refractivity contribution >= 4 is 102 Å². The average molecular weight is 1740 g/mol. The molecular weight excluding hydrogens is 1630 g/mol. The van der Waals surface area contributed by atoms with Gasteiger partial charge in [-0.05, 0) is 136 Å². The number of pyridine rings is 8. The molecule has 2 amide bonds. The number of hydrogen-bond acceptors (Lipinski definition) is 24. The number of thioether (sulfide) groups is 1. The first-order valence-electron chi connectivity index (χ1n) is 37.3. The van der Waals surface area contributed by atoms with Crippen LogP contribution in [0.4, 0.5) is 5.69 Å². The standard InChI is InChI=1S/C10H14N2O2S.C10H14N2OS.2C9H10N2O3S.C9H11NO2S.C9H11NOS.C9H11NO.C9H11NS.C8H11NS/c1-10(2)7-12(3)15(13,14)8-5-4-6-11-9(8)10;1-10(2)7-12(3)14(13)8-5-4-6-11-9(8)10;1-9(2)7-6(4-3-5-10-7)15(13,14)11-8(9)12;1-9(2)7-6(4-3-5-10-7)8(12)11-15(9,13)14;1-9(2)6-13(11,12)7-4-3-5-10-8(7)9;1-9(2)6-12(11)7-4-3-5-10-8(7)9;2*1-9(2)6-11-7-4-3-5-10-8(7)9;1-8(2)5-9-6-3-4-10-7(6)8/h4-6H,7H2,1-3H3;4-6H,7H2,1-3H3;2*3-5H,1-2H3,(H,11,12);3-5H,6H2,1-2H3;3-5H,6H2,1-2H3;2*3-5H,6H2,1-2H3;3-4,9H,5H2,1-2H3. The molecule has 0 spiro atoms. The molecule has 0 aromatic carbocycles. The number of thiophene rings is 1. The highest BCUT2D eigenvalue weighted by Crippen LogP contribution is 2.44. The number of carbonyl (C=O) groups excluding carboxylic acids is 2. The zero-order valence-corrected chi connectivity index (χ0v) is 75.5. The highest BCUT2D eigenvalue weighted by Gasteiger charge is 2.48. The van der Waals surface area contributed by atoms with Gasteiger partial charge in [0.1, 0.15) is 31.3 Å². The Bertz CT molecular complexity index is 5690. The van der Waals surface area contributed by atoms with Crippen LogP contribution < -0.4 is 19.5 Å². The molecule has 0 saturated heterocycles. The molecule has 9 aromatic rings. The smallest absolute Gasteiger partial charge is 0.266 e. The maximum atomic E-state index is 12.0. The third kappa shape index (κ3) is 18.9. The lowest BCUT2D eigenvalue weighted by atomic mass is 9.88. The lowest BCUT2D eigenvalue weighted by Gasteiger charge is -2.35. The van der Waals surface area contributed by atoms with Gasteiger partial charge in [0.25, 0.3) is 15.9 Å². The van der Waals surface area contributed by atoms with Crippen molar-refractivity contribution in [1.29, 1.82) is 0 Å². The van der Waals surface area contributed by atoms with Crippen molar-refractivity contribution in [3.05, 3.63) is 214 Å². The third-order valence-corrected chi connectivity index (χ3v) is 33.9. The maximum absolute atomic E-state index is 12.0. The quantitative estimate of drug-likeness (QED) is 0.127. The molecule has 3 N–H and O–H groups in total. The predicted octanol–water partition coefficient (Wildman–Crippen LogP) is 12.2. The largest absolute Gasteiger partial charge is 0.491 e. The molecule has 9 aliphatic heterocycles. The van der Waals surface area contributed by atoms with Crippen LogP contribution in [0.3, 0.4) is 0 Å². The Morgan fingerprint density at radius 1 is 0.474 bits per heavy atom. The second-order valence-electron chi connectivity index (χ2n) is 34.7. The predicted molar refractivity (Wildman–Crippen MR) is 454 cm³/mol. The van der Waals surface area contributed by atoms with Gasteiger partial charge in [0.15, 0.2) is 9.84 Å². The van der Waals surface area contributed by atoms with E-state index in [1.54, 1.807) is 82.1 Å². The van der Waals surface area contributed by atoms with Gasteiger partial charge in [-0.3, -0.25) is 53.7 Å². The zero-order valence-electron chi connectivity index (χ0n) is 69.0. The van der Waals surface area contributed by atoms with Crippen molar-refractivity contribution in [2.75, 3.05) is 62.9 Å². The molecule has 34 heteroatoms. The number of fused-ring (bicyclic) bond motifs is 9. The molecular formula is C82H103N13O13S8. The second kappa shape index (κ2) is 33.5. The van der Waals surface area contributed by atoms with Crippen LogP contribution in [0.5, 0.6) is 5.75 Å². The number of ether oxygens (including phenoxy) is 1. The fourth-order valence-corrected chi connectivity index (χ4v) is 26.0. The van der Waals surface area contributed by atoms with E-state index >= 15 is 0 Å². The Hall–Kier alpha value is -8.19. The van der Waals surface area contributed by atoms with Crippen molar-refractivity contribution in [2.45, 2.75) is 202 Å². The fraction of sp³-hybridized carbons (Fsp3) is 0.439. The van der Waals surface area contributed by atoms with Crippen LogP contribution in [-0.4, -0.2) is 160 Å². The summed E-state index contributed by atoms with van der Waals surface area (Å²) in [6.07, 6.45) is 13.5. The van der Waals surface area contributed by atoms with Gasteiger partial charge in [-0.1, -0.05) is 96.9 Å². The van der Waals surface area contributed by atoms with E-state index in [1.807, 2.05) is 126 Å². The van der Waals surface area contributed by atoms with Crippen LogP contribution >= 0.6 is 23.1 Å². The summed E-state index contributed by atoms with van der Waals surface area (Å²) in [5.41, 5.74) is 7.19. The number of nitrogens with one attached hydrogen (secondary N) is 3. The summed E-state index contributed by atoms with van der Waals surface area (Å²) in [4.78, 5) is 62.0. The molecule has 0 saturated carbocycles.